The van der Waals surface area contributed by atoms with Gasteiger partial charge in [0.05, 0.1) is 4.90 Å². The van der Waals surface area contributed by atoms with Gasteiger partial charge in [-0.05, 0) is 60.2 Å². The van der Waals surface area contributed by atoms with Crippen LogP contribution in [0.5, 0.6) is 0 Å². The molecule has 0 saturated heterocycles. The summed E-state index contributed by atoms with van der Waals surface area (Å²) in [5.41, 5.74) is 0.932. The summed E-state index contributed by atoms with van der Waals surface area (Å²) >= 11 is 5.62. The smallest absolute Gasteiger partial charge is 0.263 e. The molecule has 0 radical (unpaired) electrons. The fraction of sp³-hybridized carbons (Fsp3) is 0. The standard InChI is InChI=1S/C19H14ClFN4O3S/c20-17-9-10-18(24-23-17)25-29(27,28)16-7-5-15(6-8-16)22-19(26)11-4-13-2-1-3-14(21)12-13/h1-12H,(H,22,26)(H,24,25)/b11-4+. The molecule has 3 aromatic rings. The molecular weight excluding hydrogens is 419 g/mol. The van der Waals surface area contributed by atoms with Crippen molar-refractivity contribution in [2.24, 2.45) is 0 Å². The van der Waals surface area contributed by atoms with Crippen LogP contribution in [-0.4, -0.2) is 24.5 Å². The summed E-state index contributed by atoms with van der Waals surface area (Å²) in [7, 11) is -3.88. The summed E-state index contributed by atoms with van der Waals surface area (Å²) in [5, 5.41) is 9.93. The van der Waals surface area contributed by atoms with Crippen LogP contribution < -0.4 is 10.0 Å². The summed E-state index contributed by atoms with van der Waals surface area (Å²) < 4.78 is 40.1. The van der Waals surface area contributed by atoms with E-state index in [0.29, 0.717) is 11.3 Å². The van der Waals surface area contributed by atoms with E-state index in [9.17, 15) is 17.6 Å². The van der Waals surface area contributed by atoms with Crippen molar-refractivity contribution in [3.05, 3.63) is 83.3 Å². The Morgan fingerprint density at radius 2 is 1.79 bits per heavy atom. The molecule has 0 aliphatic carbocycles. The number of hydrogen-bond donors (Lipinski definition) is 2. The van der Waals surface area contributed by atoms with E-state index in [4.69, 9.17) is 11.6 Å². The van der Waals surface area contributed by atoms with Crippen molar-refractivity contribution in [2.75, 3.05) is 10.0 Å². The van der Waals surface area contributed by atoms with Crippen molar-refractivity contribution in [3.8, 4) is 0 Å². The van der Waals surface area contributed by atoms with Gasteiger partial charge in [-0.2, -0.15) is 0 Å². The van der Waals surface area contributed by atoms with Gasteiger partial charge in [0.2, 0.25) is 5.91 Å². The molecule has 0 saturated carbocycles. The number of carbonyl (C=O) groups is 1. The molecule has 10 heteroatoms. The van der Waals surface area contributed by atoms with Crippen LogP contribution in [0.3, 0.4) is 0 Å². The summed E-state index contributed by atoms with van der Waals surface area (Å²) in [5.74, 6) is -0.823. The van der Waals surface area contributed by atoms with E-state index in [1.807, 2.05) is 0 Å². The third-order valence-corrected chi connectivity index (χ3v) is 5.15. The van der Waals surface area contributed by atoms with Gasteiger partial charge in [0.25, 0.3) is 10.0 Å². The van der Waals surface area contributed by atoms with Crippen LogP contribution in [0.15, 0.2) is 71.6 Å². The summed E-state index contributed by atoms with van der Waals surface area (Å²) in [6, 6.07) is 14.1. The zero-order valence-electron chi connectivity index (χ0n) is 14.7. The zero-order chi connectivity index (χ0) is 20.9. The number of hydrogen-bond acceptors (Lipinski definition) is 5. The van der Waals surface area contributed by atoms with Gasteiger partial charge in [-0.25, -0.2) is 12.8 Å². The average molecular weight is 433 g/mol. The van der Waals surface area contributed by atoms with Crippen molar-refractivity contribution in [1.82, 2.24) is 10.2 Å². The van der Waals surface area contributed by atoms with Crippen molar-refractivity contribution in [3.63, 3.8) is 0 Å². The molecule has 0 atom stereocenters. The predicted molar refractivity (Wildman–Crippen MR) is 108 cm³/mol. The molecule has 0 aliphatic heterocycles. The van der Waals surface area contributed by atoms with Gasteiger partial charge in [-0.3, -0.25) is 9.52 Å². The molecule has 29 heavy (non-hydrogen) atoms. The highest BCUT2D eigenvalue weighted by atomic mass is 35.5. The van der Waals surface area contributed by atoms with Gasteiger partial charge in [0, 0.05) is 11.8 Å². The average Bonchev–Trinajstić information content (AvgIpc) is 2.69. The van der Waals surface area contributed by atoms with E-state index in [-0.39, 0.29) is 15.9 Å². The third kappa shape index (κ3) is 5.84. The number of aromatic nitrogens is 2. The quantitative estimate of drug-likeness (QED) is 0.578. The number of carbonyl (C=O) groups excluding carboxylic acids is 1. The van der Waals surface area contributed by atoms with Crippen LogP contribution in [0.2, 0.25) is 5.15 Å². The number of rotatable bonds is 6. The number of anilines is 2. The number of sulfonamides is 1. The Morgan fingerprint density at radius 1 is 1.03 bits per heavy atom. The molecule has 1 aromatic heterocycles. The van der Waals surface area contributed by atoms with E-state index < -0.39 is 21.7 Å². The molecule has 0 bridgehead atoms. The molecule has 3 rings (SSSR count). The maximum atomic E-state index is 13.1. The molecular formula is C19H14ClFN4O3S. The highest BCUT2D eigenvalue weighted by Gasteiger charge is 2.15. The maximum Gasteiger partial charge on any atom is 0.263 e. The van der Waals surface area contributed by atoms with E-state index >= 15 is 0 Å². The van der Waals surface area contributed by atoms with Crippen LogP contribution >= 0.6 is 11.6 Å². The van der Waals surface area contributed by atoms with Crippen molar-refractivity contribution in [2.45, 2.75) is 4.90 Å². The normalized spacial score (nSPS) is 11.4. The number of nitrogens with one attached hydrogen (secondary N) is 2. The minimum atomic E-state index is -3.88. The SMILES string of the molecule is O=C(/C=C/c1cccc(F)c1)Nc1ccc(S(=O)(=O)Nc2ccc(Cl)nn2)cc1. The molecule has 0 aliphatic rings. The highest BCUT2D eigenvalue weighted by Crippen LogP contribution is 2.17. The Labute approximate surface area is 171 Å². The van der Waals surface area contributed by atoms with Crippen molar-refractivity contribution < 1.29 is 17.6 Å². The number of halogens is 2. The van der Waals surface area contributed by atoms with Crippen LogP contribution in [0.1, 0.15) is 5.56 Å². The molecule has 0 fully saturated rings. The number of amides is 1. The summed E-state index contributed by atoms with van der Waals surface area (Å²) in [6.07, 6.45) is 2.72. The Morgan fingerprint density at radius 3 is 2.45 bits per heavy atom. The lowest BCUT2D eigenvalue weighted by molar-refractivity contribution is -0.111. The van der Waals surface area contributed by atoms with Gasteiger partial charge in [-0.15, -0.1) is 10.2 Å². The maximum absolute atomic E-state index is 13.1. The Kier molecular flexibility index (Phi) is 6.20. The Hall–Kier alpha value is -3.30. The van der Waals surface area contributed by atoms with Gasteiger partial charge < -0.3 is 5.32 Å². The first kappa shape index (κ1) is 20.4. The largest absolute Gasteiger partial charge is 0.323 e. The van der Waals surface area contributed by atoms with Gasteiger partial charge in [0.1, 0.15) is 5.82 Å². The van der Waals surface area contributed by atoms with Crippen LogP contribution in [0, 0.1) is 5.82 Å². The second-order valence-electron chi connectivity index (χ2n) is 5.75. The predicted octanol–water partition coefficient (Wildman–Crippen LogP) is 3.72. The van der Waals surface area contributed by atoms with E-state index in [0.717, 1.165) is 0 Å². The second kappa shape index (κ2) is 8.80. The lowest BCUT2D eigenvalue weighted by atomic mass is 10.2. The van der Waals surface area contributed by atoms with E-state index in [1.165, 1.54) is 66.7 Å². The lowest BCUT2D eigenvalue weighted by Gasteiger charge is -2.08. The molecule has 7 nitrogen and oxygen atoms in total. The summed E-state index contributed by atoms with van der Waals surface area (Å²) in [6.45, 7) is 0. The Bertz CT molecular complexity index is 1150. The first-order valence-electron chi connectivity index (χ1n) is 8.18. The van der Waals surface area contributed by atoms with Crippen molar-refractivity contribution in [1.29, 1.82) is 0 Å². The first-order valence-corrected chi connectivity index (χ1v) is 10.0. The fourth-order valence-electron chi connectivity index (χ4n) is 2.25. The van der Waals surface area contributed by atoms with E-state index in [2.05, 4.69) is 20.2 Å². The molecule has 1 amide bonds. The fourth-order valence-corrected chi connectivity index (χ4v) is 3.35. The molecule has 2 aromatic carbocycles. The van der Waals surface area contributed by atoms with Gasteiger partial charge in [0.15, 0.2) is 11.0 Å². The minimum absolute atomic E-state index is 0.0225. The third-order valence-electron chi connectivity index (χ3n) is 3.58. The molecule has 2 N–H and O–H groups in total. The Balaban J connectivity index is 1.64. The van der Waals surface area contributed by atoms with Crippen LogP contribution in [-0.2, 0) is 14.8 Å². The topological polar surface area (TPSA) is 101 Å². The monoisotopic (exact) mass is 432 g/mol. The summed E-state index contributed by atoms with van der Waals surface area (Å²) in [4.78, 5) is 11.9. The lowest BCUT2D eigenvalue weighted by Crippen LogP contribution is -2.14. The first-order chi connectivity index (χ1) is 13.8. The number of benzene rings is 2. The molecule has 1 heterocycles. The molecule has 0 spiro atoms. The molecule has 0 unspecified atom stereocenters. The molecule has 148 valence electrons. The number of nitrogens with zero attached hydrogens (tertiary/aromatic N) is 2. The van der Waals surface area contributed by atoms with E-state index in [1.54, 1.807) is 6.07 Å². The van der Waals surface area contributed by atoms with Crippen molar-refractivity contribution >= 4 is 45.1 Å². The highest BCUT2D eigenvalue weighted by molar-refractivity contribution is 7.92. The van der Waals surface area contributed by atoms with Crippen LogP contribution in [0.25, 0.3) is 6.08 Å². The zero-order valence-corrected chi connectivity index (χ0v) is 16.3. The van der Waals surface area contributed by atoms with Crippen LogP contribution in [0.4, 0.5) is 15.9 Å². The van der Waals surface area contributed by atoms with Gasteiger partial charge >= 0.3 is 0 Å². The van der Waals surface area contributed by atoms with Gasteiger partial charge in [-0.1, -0.05) is 23.7 Å². The second-order valence-corrected chi connectivity index (χ2v) is 7.82. The minimum Gasteiger partial charge on any atom is -0.323 e.